The van der Waals surface area contributed by atoms with Crippen molar-refractivity contribution in [1.82, 2.24) is 10.2 Å². The zero-order chi connectivity index (χ0) is 13.7. The van der Waals surface area contributed by atoms with Crippen LogP contribution in [0.25, 0.3) is 0 Å². The van der Waals surface area contributed by atoms with Crippen LogP contribution in [-0.4, -0.2) is 43.3 Å². The van der Waals surface area contributed by atoms with Crippen LogP contribution in [0.5, 0.6) is 11.5 Å². The Morgan fingerprint density at radius 1 is 1.42 bits per heavy atom. The molecule has 0 aliphatic carbocycles. The van der Waals surface area contributed by atoms with Gasteiger partial charge in [-0.2, -0.15) is 5.26 Å². The van der Waals surface area contributed by atoms with E-state index >= 15 is 0 Å². The monoisotopic (exact) mass is 261 g/mol. The molecule has 0 saturated carbocycles. The fourth-order valence-corrected chi connectivity index (χ4v) is 2.37. The molecule has 1 unspecified atom stereocenters. The molecule has 19 heavy (non-hydrogen) atoms. The van der Waals surface area contributed by atoms with Gasteiger partial charge in [-0.1, -0.05) is 6.07 Å². The Hall–Kier alpha value is -1.77. The lowest BCUT2D eigenvalue weighted by atomic mass is 10.1. The summed E-state index contributed by atoms with van der Waals surface area (Å²) in [5, 5.41) is 22.6. The Morgan fingerprint density at radius 3 is 2.95 bits per heavy atom. The van der Waals surface area contributed by atoms with Crippen LogP contribution in [0.4, 0.5) is 0 Å². The summed E-state index contributed by atoms with van der Waals surface area (Å²) in [6, 6.07) is 7.16. The Balaban J connectivity index is 2.21. The van der Waals surface area contributed by atoms with E-state index in [0.29, 0.717) is 5.75 Å². The molecule has 0 bridgehead atoms. The molecule has 1 aliphatic rings. The van der Waals surface area contributed by atoms with Gasteiger partial charge in [0, 0.05) is 19.6 Å². The molecule has 102 valence electrons. The second-order valence-corrected chi connectivity index (χ2v) is 4.60. The first-order valence-corrected chi connectivity index (χ1v) is 6.47. The SMILES string of the molecule is COc1ccc(C(C#N)N2CCCNCC2)cc1O. The lowest BCUT2D eigenvalue weighted by molar-refractivity contribution is 0.252. The highest BCUT2D eigenvalue weighted by Gasteiger charge is 2.21. The van der Waals surface area contributed by atoms with E-state index in [-0.39, 0.29) is 11.8 Å². The molecule has 2 N–H and O–H groups in total. The van der Waals surface area contributed by atoms with Gasteiger partial charge in [0.15, 0.2) is 11.5 Å². The largest absolute Gasteiger partial charge is 0.504 e. The van der Waals surface area contributed by atoms with E-state index in [2.05, 4.69) is 16.3 Å². The fourth-order valence-electron chi connectivity index (χ4n) is 2.37. The molecule has 1 atom stereocenters. The second-order valence-electron chi connectivity index (χ2n) is 4.60. The summed E-state index contributed by atoms with van der Waals surface area (Å²) in [5.74, 6) is 0.506. The Bertz CT molecular complexity index is 462. The number of hydrogen-bond donors (Lipinski definition) is 2. The zero-order valence-electron chi connectivity index (χ0n) is 11.1. The first kappa shape index (κ1) is 13.7. The van der Waals surface area contributed by atoms with Gasteiger partial charge in [0.05, 0.1) is 13.2 Å². The number of rotatable bonds is 3. The number of phenolic OH excluding ortho intramolecular Hbond substituents is 1. The number of nitrogens with one attached hydrogen (secondary N) is 1. The van der Waals surface area contributed by atoms with E-state index in [1.165, 1.54) is 7.11 Å². The van der Waals surface area contributed by atoms with Gasteiger partial charge in [-0.25, -0.2) is 0 Å². The average Bonchev–Trinajstić information content (AvgIpc) is 2.69. The van der Waals surface area contributed by atoms with Crippen LogP contribution in [0.1, 0.15) is 18.0 Å². The Labute approximate surface area is 113 Å². The van der Waals surface area contributed by atoms with Crippen LogP contribution in [0.15, 0.2) is 18.2 Å². The fraction of sp³-hybridized carbons (Fsp3) is 0.500. The highest BCUT2D eigenvalue weighted by molar-refractivity contribution is 5.43. The maximum absolute atomic E-state index is 9.82. The number of methoxy groups -OCH3 is 1. The summed E-state index contributed by atoms with van der Waals surface area (Å²) in [5.41, 5.74) is 0.808. The molecule has 0 radical (unpaired) electrons. The molecule has 5 heteroatoms. The van der Waals surface area contributed by atoms with Gasteiger partial charge >= 0.3 is 0 Å². The van der Waals surface area contributed by atoms with Crippen molar-refractivity contribution in [1.29, 1.82) is 5.26 Å². The zero-order valence-corrected chi connectivity index (χ0v) is 11.1. The third-order valence-corrected chi connectivity index (χ3v) is 3.38. The maximum atomic E-state index is 9.82. The lowest BCUT2D eigenvalue weighted by Crippen LogP contribution is -2.31. The molecule has 1 heterocycles. The highest BCUT2D eigenvalue weighted by atomic mass is 16.5. The number of ether oxygens (including phenoxy) is 1. The molecule has 1 aliphatic heterocycles. The van der Waals surface area contributed by atoms with Crippen molar-refractivity contribution < 1.29 is 9.84 Å². The molecule has 0 amide bonds. The first-order chi connectivity index (χ1) is 9.26. The minimum absolute atomic E-state index is 0.0770. The topological polar surface area (TPSA) is 68.5 Å². The van der Waals surface area contributed by atoms with E-state index in [0.717, 1.165) is 38.2 Å². The molecule has 1 aromatic rings. The van der Waals surface area contributed by atoms with Gasteiger partial charge in [-0.05, 0) is 30.7 Å². The van der Waals surface area contributed by atoms with Crippen molar-refractivity contribution in [3.63, 3.8) is 0 Å². The molecule has 5 nitrogen and oxygen atoms in total. The summed E-state index contributed by atoms with van der Waals surface area (Å²) in [7, 11) is 1.51. The number of aromatic hydroxyl groups is 1. The lowest BCUT2D eigenvalue weighted by Gasteiger charge is -2.25. The van der Waals surface area contributed by atoms with Crippen molar-refractivity contribution in [2.45, 2.75) is 12.5 Å². The van der Waals surface area contributed by atoms with Gasteiger partial charge in [-0.3, -0.25) is 4.90 Å². The van der Waals surface area contributed by atoms with Crippen molar-refractivity contribution in [3.05, 3.63) is 23.8 Å². The van der Waals surface area contributed by atoms with E-state index in [1.807, 2.05) is 6.07 Å². The molecule has 1 aromatic carbocycles. The highest BCUT2D eigenvalue weighted by Crippen LogP contribution is 2.30. The van der Waals surface area contributed by atoms with Crippen molar-refractivity contribution >= 4 is 0 Å². The van der Waals surface area contributed by atoms with E-state index < -0.39 is 0 Å². The summed E-state index contributed by atoms with van der Waals surface area (Å²) in [6.07, 6.45) is 1.03. The summed E-state index contributed by atoms with van der Waals surface area (Å²) in [4.78, 5) is 2.14. The molecule has 0 aromatic heterocycles. The van der Waals surface area contributed by atoms with Crippen LogP contribution in [0, 0.1) is 11.3 Å². The normalized spacial score (nSPS) is 18.3. The van der Waals surface area contributed by atoms with Crippen molar-refractivity contribution in [2.24, 2.45) is 0 Å². The van der Waals surface area contributed by atoms with E-state index in [4.69, 9.17) is 4.74 Å². The number of benzene rings is 1. The smallest absolute Gasteiger partial charge is 0.160 e. The van der Waals surface area contributed by atoms with Crippen LogP contribution < -0.4 is 10.1 Å². The van der Waals surface area contributed by atoms with Crippen LogP contribution >= 0.6 is 0 Å². The first-order valence-electron chi connectivity index (χ1n) is 6.47. The maximum Gasteiger partial charge on any atom is 0.160 e. The van der Waals surface area contributed by atoms with Crippen molar-refractivity contribution in [3.8, 4) is 17.6 Å². The van der Waals surface area contributed by atoms with Gasteiger partial charge < -0.3 is 15.2 Å². The van der Waals surface area contributed by atoms with Gasteiger partial charge in [0.1, 0.15) is 6.04 Å². The Kier molecular flexibility index (Phi) is 4.61. The molecule has 1 saturated heterocycles. The quantitative estimate of drug-likeness (QED) is 0.857. The summed E-state index contributed by atoms with van der Waals surface area (Å²) >= 11 is 0. The minimum atomic E-state index is -0.322. The van der Waals surface area contributed by atoms with E-state index in [9.17, 15) is 10.4 Å². The van der Waals surface area contributed by atoms with Crippen molar-refractivity contribution in [2.75, 3.05) is 33.3 Å². The van der Waals surface area contributed by atoms with Gasteiger partial charge in [0.2, 0.25) is 0 Å². The minimum Gasteiger partial charge on any atom is -0.504 e. The number of nitriles is 1. The summed E-state index contributed by atoms with van der Waals surface area (Å²) in [6.45, 7) is 3.60. The third-order valence-electron chi connectivity index (χ3n) is 3.38. The van der Waals surface area contributed by atoms with Crippen LogP contribution in [0.2, 0.25) is 0 Å². The Morgan fingerprint density at radius 2 is 2.26 bits per heavy atom. The molecule has 2 rings (SSSR count). The average molecular weight is 261 g/mol. The molecular formula is C14H19N3O2. The third kappa shape index (κ3) is 3.16. The van der Waals surface area contributed by atoms with Gasteiger partial charge in [0.25, 0.3) is 0 Å². The number of phenols is 1. The van der Waals surface area contributed by atoms with Crippen LogP contribution in [-0.2, 0) is 0 Å². The molecular weight excluding hydrogens is 242 g/mol. The molecule has 0 spiro atoms. The van der Waals surface area contributed by atoms with Gasteiger partial charge in [-0.15, -0.1) is 0 Å². The standard InChI is InChI=1S/C14H19N3O2/c1-19-14-4-3-11(9-13(14)18)12(10-15)17-7-2-5-16-6-8-17/h3-4,9,12,16,18H,2,5-8H2,1H3. The molecule has 1 fully saturated rings. The number of nitrogens with zero attached hydrogens (tertiary/aromatic N) is 2. The number of hydrogen-bond acceptors (Lipinski definition) is 5. The summed E-state index contributed by atoms with van der Waals surface area (Å²) < 4.78 is 5.02. The predicted molar refractivity (Wildman–Crippen MR) is 72.1 cm³/mol. The predicted octanol–water partition coefficient (Wildman–Crippen LogP) is 1.26. The van der Waals surface area contributed by atoms with E-state index in [1.54, 1.807) is 12.1 Å². The second kappa shape index (κ2) is 6.41. The van der Waals surface area contributed by atoms with Crippen LogP contribution in [0.3, 0.4) is 0 Å².